The minimum atomic E-state index is 0.951. The van der Waals surface area contributed by atoms with Crippen LogP contribution in [0.1, 0.15) is 16.8 Å². The monoisotopic (exact) mass is 367 g/mol. The van der Waals surface area contributed by atoms with Gasteiger partial charge in [-0.15, -0.1) is 0 Å². The maximum Gasteiger partial charge on any atom is 0.0968 e. The number of aromatic amines is 1. The van der Waals surface area contributed by atoms with Crippen molar-refractivity contribution in [2.45, 2.75) is 19.5 Å². The van der Waals surface area contributed by atoms with E-state index in [1.54, 1.807) is 0 Å². The summed E-state index contributed by atoms with van der Waals surface area (Å²) in [6.07, 6.45) is 1.03. The number of fused-ring (bicyclic) bond motifs is 1. The minimum absolute atomic E-state index is 0.951. The molecule has 0 bridgehead atoms. The quantitative estimate of drug-likeness (QED) is 0.743. The average Bonchev–Trinajstić information content (AvgIpc) is 3.00. The predicted molar refractivity (Wildman–Crippen MR) is 96.0 cm³/mol. The van der Waals surface area contributed by atoms with Crippen molar-refractivity contribution in [3.05, 3.63) is 75.9 Å². The second-order valence-electron chi connectivity index (χ2n) is 5.98. The van der Waals surface area contributed by atoms with E-state index in [4.69, 9.17) is 0 Å². The lowest BCUT2D eigenvalue weighted by molar-refractivity contribution is 0.245. The van der Waals surface area contributed by atoms with Crippen molar-refractivity contribution in [1.82, 2.24) is 15.1 Å². The van der Waals surface area contributed by atoms with E-state index in [1.165, 1.54) is 22.4 Å². The van der Waals surface area contributed by atoms with Crippen LogP contribution < -0.4 is 0 Å². The molecule has 1 N–H and O–H groups in total. The van der Waals surface area contributed by atoms with Crippen LogP contribution >= 0.6 is 15.9 Å². The van der Waals surface area contributed by atoms with Crippen LogP contribution in [0.3, 0.4) is 0 Å². The van der Waals surface area contributed by atoms with Gasteiger partial charge in [-0.1, -0.05) is 58.4 Å². The zero-order chi connectivity index (χ0) is 15.6. The summed E-state index contributed by atoms with van der Waals surface area (Å²) in [5, 5.41) is 7.81. The van der Waals surface area contributed by atoms with E-state index in [1.807, 2.05) is 0 Å². The Morgan fingerprint density at radius 2 is 1.83 bits per heavy atom. The van der Waals surface area contributed by atoms with Gasteiger partial charge in [0, 0.05) is 47.3 Å². The molecule has 0 saturated heterocycles. The molecule has 3 aromatic rings. The number of rotatable bonds is 3. The molecule has 4 heteroatoms. The average molecular weight is 368 g/mol. The van der Waals surface area contributed by atoms with E-state index in [0.717, 1.165) is 36.2 Å². The van der Waals surface area contributed by atoms with Crippen molar-refractivity contribution in [3.8, 4) is 11.3 Å². The van der Waals surface area contributed by atoms with Crippen LogP contribution in [-0.2, 0) is 19.5 Å². The lowest BCUT2D eigenvalue weighted by atomic mass is 10.0. The van der Waals surface area contributed by atoms with Crippen LogP contribution in [0, 0.1) is 0 Å². The molecule has 1 aliphatic rings. The molecule has 0 amide bonds. The molecule has 0 saturated carbocycles. The van der Waals surface area contributed by atoms with Crippen LogP contribution in [0.15, 0.2) is 59.1 Å². The van der Waals surface area contributed by atoms with Gasteiger partial charge in [0.25, 0.3) is 0 Å². The summed E-state index contributed by atoms with van der Waals surface area (Å²) in [7, 11) is 0. The maximum atomic E-state index is 4.57. The van der Waals surface area contributed by atoms with E-state index in [0.29, 0.717) is 0 Å². The van der Waals surface area contributed by atoms with Gasteiger partial charge in [-0.25, -0.2) is 0 Å². The second kappa shape index (κ2) is 6.30. The molecule has 2 aromatic carbocycles. The molecule has 116 valence electrons. The van der Waals surface area contributed by atoms with Gasteiger partial charge in [0.2, 0.25) is 0 Å². The Balaban J connectivity index is 1.59. The van der Waals surface area contributed by atoms with E-state index in [2.05, 4.69) is 85.6 Å². The summed E-state index contributed by atoms with van der Waals surface area (Å²) in [5.74, 6) is 0. The first-order valence-electron chi connectivity index (χ1n) is 7.88. The highest BCUT2D eigenvalue weighted by atomic mass is 79.9. The Morgan fingerprint density at radius 3 is 2.61 bits per heavy atom. The minimum Gasteiger partial charge on any atom is -0.294 e. The number of benzene rings is 2. The molecule has 4 rings (SSSR count). The SMILES string of the molecule is Brc1ccc(-c2n[nH]c3c2CN(Cc2ccccc2)CC3)cc1. The third-order valence-electron chi connectivity index (χ3n) is 4.38. The summed E-state index contributed by atoms with van der Waals surface area (Å²) < 4.78 is 1.09. The van der Waals surface area contributed by atoms with Crippen LogP contribution in [-0.4, -0.2) is 21.6 Å². The summed E-state index contributed by atoms with van der Waals surface area (Å²) in [5.41, 5.74) is 6.25. The van der Waals surface area contributed by atoms with Gasteiger partial charge in [-0.3, -0.25) is 10.00 Å². The fraction of sp³-hybridized carbons (Fsp3) is 0.211. The third-order valence-corrected chi connectivity index (χ3v) is 4.91. The highest BCUT2D eigenvalue weighted by Gasteiger charge is 2.22. The smallest absolute Gasteiger partial charge is 0.0968 e. The molecular formula is C19H18BrN3. The number of aromatic nitrogens is 2. The summed E-state index contributed by atoms with van der Waals surface area (Å²) in [6.45, 7) is 3.02. The van der Waals surface area contributed by atoms with Crippen LogP contribution in [0.2, 0.25) is 0 Å². The Hall–Kier alpha value is -1.91. The first-order valence-corrected chi connectivity index (χ1v) is 8.67. The van der Waals surface area contributed by atoms with Gasteiger partial charge in [0.05, 0.1) is 5.69 Å². The molecule has 0 spiro atoms. The van der Waals surface area contributed by atoms with Crippen LogP contribution in [0.5, 0.6) is 0 Å². The Labute approximate surface area is 144 Å². The van der Waals surface area contributed by atoms with E-state index < -0.39 is 0 Å². The second-order valence-corrected chi connectivity index (χ2v) is 6.90. The normalized spacial score (nSPS) is 14.7. The number of hydrogen-bond donors (Lipinski definition) is 1. The topological polar surface area (TPSA) is 31.9 Å². The fourth-order valence-corrected chi connectivity index (χ4v) is 3.44. The lowest BCUT2D eigenvalue weighted by Crippen LogP contribution is -2.29. The summed E-state index contributed by atoms with van der Waals surface area (Å²) in [6, 6.07) is 19.1. The Bertz CT molecular complexity index is 793. The zero-order valence-corrected chi connectivity index (χ0v) is 14.4. The molecule has 2 heterocycles. The van der Waals surface area contributed by atoms with Gasteiger partial charge in [0.15, 0.2) is 0 Å². The van der Waals surface area contributed by atoms with E-state index >= 15 is 0 Å². The largest absolute Gasteiger partial charge is 0.294 e. The molecule has 0 fully saturated rings. The zero-order valence-electron chi connectivity index (χ0n) is 12.8. The first-order chi connectivity index (χ1) is 11.3. The number of nitrogens with zero attached hydrogens (tertiary/aromatic N) is 2. The molecule has 3 nitrogen and oxygen atoms in total. The highest BCUT2D eigenvalue weighted by molar-refractivity contribution is 9.10. The van der Waals surface area contributed by atoms with Crippen molar-refractivity contribution < 1.29 is 0 Å². The predicted octanol–water partition coefficient (Wildman–Crippen LogP) is 4.40. The lowest BCUT2D eigenvalue weighted by Gasteiger charge is -2.27. The maximum absolute atomic E-state index is 4.57. The Morgan fingerprint density at radius 1 is 1.04 bits per heavy atom. The summed E-state index contributed by atoms with van der Waals surface area (Å²) >= 11 is 3.49. The van der Waals surface area contributed by atoms with Crippen LogP contribution in [0.25, 0.3) is 11.3 Å². The first kappa shape index (κ1) is 14.7. The molecule has 0 radical (unpaired) electrons. The summed E-state index contributed by atoms with van der Waals surface area (Å²) in [4.78, 5) is 2.50. The van der Waals surface area contributed by atoms with Crippen LogP contribution in [0.4, 0.5) is 0 Å². The number of H-pyrrole nitrogens is 1. The molecule has 23 heavy (non-hydrogen) atoms. The van der Waals surface area contributed by atoms with Crippen molar-refractivity contribution in [2.75, 3.05) is 6.54 Å². The van der Waals surface area contributed by atoms with E-state index in [-0.39, 0.29) is 0 Å². The van der Waals surface area contributed by atoms with Crippen molar-refractivity contribution in [1.29, 1.82) is 0 Å². The van der Waals surface area contributed by atoms with Crippen molar-refractivity contribution >= 4 is 15.9 Å². The molecule has 1 aliphatic heterocycles. The molecule has 0 unspecified atom stereocenters. The standard InChI is InChI=1S/C19H18BrN3/c20-16-8-6-15(7-9-16)19-17-13-23(11-10-18(17)21-22-19)12-14-4-2-1-3-5-14/h1-9H,10-13H2,(H,21,22). The van der Waals surface area contributed by atoms with Gasteiger partial charge in [-0.2, -0.15) is 5.10 Å². The molecular weight excluding hydrogens is 350 g/mol. The van der Waals surface area contributed by atoms with E-state index in [9.17, 15) is 0 Å². The highest BCUT2D eigenvalue weighted by Crippen LogP contribution is 2.29. The molecule has 1 aromatic heterocycles. The van der Waals surface area contributed by atoms with Crippen molar-refractivity contribution in [3.63, 3.8) is 0 Å². The fourth-order valence-electron chi connectivity index (χ4n) is 3.17. The van der Waals surface area contributed by atoms with Crippen molar-refractivity contribution in [2.24, 2.45) is 0 Å². The number of halogens is 1. The number of nitrogens with one attached hydrogen (secondary N) is 1. The molecule has 0 atom stereocenters. The molecule has 0 aliphatic carbocycles. The van der Waals surface area contributed by atoms with Gasteiger partial charge < -0.3 is 0 Å². The third kappa shape index (κ3) is 3.09. The Kier molecular flexibility index (Phi) is 4.02. The number of hydrogen-bond acceptors (Lipinski definition) is 2. The van der Waals surface area contributed by atoms with Gasteiger partial charge >= 0.3 is 0 Å². The van der Waals surface area contributed by atoms with Gasteiger partial charge in [-0.05, 0) is 17.7 Å². The van der Waals surface area contributed by atoms with Gasteiger partial charge in [0.1, 0.15) is 0 Å².